The molecule has 0 aromatic carbocycles. The van der Waals surface area contributed by atoms with Crippen LogP contribution in [0.4, 0.5) is 0 Å². The van der Waals surface area contributed by atoms with E-state index in [9.17, 15) is 4.89 Å². The summed E-state index contributed by atoms with van der Waals surface area (Å²) in [5.74, 6) is 0. The third-order valence-electron chi connectivity index (χ3n) is 4.13. The van der Waals surface area contributed by atoms with E-state index in [4.69, 9.17) is 4.74 Å². The summed E-state index contributed by atoms with van der Waals surface area (Å²) in [5, 5.41) is 0. The summed E-state index contributed by atoms with van der Waals surface area (Å²) in [6.07, 6.45) is 11.2. The van der Waals surface area contributed by atoms with Crippen LogP contribution in [0.15, 0.2) is 0 Å². The van der Waals surface area contributed by atoms with Crippen LogP contribution >= 0.6 is 6.83 Å². The third kappa shape index (κ3) is 6.50. The van der Waals surface area contributed by atoms with E-state index < -0.39 is 6.83 Å². The first-order valence-corrected chi connectivity index (χ1v) is 10.7. The maximum atomic E-state index is 11.5. The van der Waals surface area contributed by atoms with E-state index in [2.05, 4.69) is 20.8 Å². The summed E-state index contributed by atoms with van der Waals surface area (Å²) < 4.78 is 5.28. The predicted octanol–water partition coefficient (Wildman–Crippen LogP) is 4.49. The van der Waals surface area contributed by atoms with Gasteiger partial charge in [0.25, 0.3) is 0 Å². The molecule has 0 unspecified atom stereocenters. The topological polar surface area (TPSA) is 29.5 Å². The summed E-state index contributed by atoms with van der Waals surface area (Å²) in [4.78, 5) is 11.5. The molecule has 0 rings (SSSR count). The second-order valence-electron chi connectivity index (χ2n) is 5.86. The van der Waals surface area contributed by atoms with Crippen molar-refractivity contribution in [1.82, 2.24) is 0 Å². The summed E-state index contributed by atoms with van der Waals surface area (Å²) in [5.41, 5.74) is 0. The number of hydrogen-bond acceptors (Lipinski definition) is 2. The van der Waals surface area contributed by atoms with Crippen LogP contribution in [0, 0.1) is 0 Å². The van der Waals surface area contributed by atoms with Gasteiger partial charge in [0.15, 0.2) is 0 Å². The number of methoxy groups -OCH3 is 1. The second kappa shape index (κ2) is 9.28. The molecule has 0 spiro atoms. The van der Waals surface area contributed by atoms with Crippen molar-refractivity contribution in [2.45, 2.75) is 59.3 Å². The third-order valence-corrected chi connectivity index (χ3v) is 9.85. The van der Waals surface area contributed by atoms with E-state index in [1.54, 1.807) is 7.11 Å². The van der Waals surface area contributed by atoms with E-state index in [0.717, 1.165) is 31.3 Å². The first kappa shape index (κ1) is 18.4. The van der Waals surface area contributed by atoms with Crippen LogP contribution in [0.3, 0.4) is 0 Å². The van der Waals surface area contributed by atoms with E-state index >= 15 is 0 Å². The van der Waals surface area contributed by atoms with Crippen molar-refractivity contribution in [3.05, 3.63) is 0 Å². The summed E-state index contributed by atoms with van der Waals surface area (Å²) in [6.45, 7) is 4.90. The van der Waals surface area contributed by atoms with Crippen molar-refractivity contribution in [2.24, 2.45) is 0 Å². The second-order valence-corrected chi connectivity index (χ2v) is 11.5. The molecule has 0 fully saturated rings. The van der Waals surface area contributed by atoms with Gasteiger partial charge in [0, 0.05) is 0 Å². The molecule has 2 nitrogen and oxygen atoms in total. The molecule has 0 saturated carbocycles. The molecule has 0 aliphatic heterocycles. The predicted molar refractivity (Wildman–Crippen MR) is 85.2 cm³/mol. The molecule has 18 heavy (non-hydrogen) atoms. The Morgan fingerprint density at radius 3 is 1.44 bits per heavy atom. The Bertz CT molecular complexity index is 163. The van der Waals surface area contributed by atoms with Crippen LogP contribution in [-0.4, -0.2) is 43.3 Å². The molecule has 3 heteroatoms. The van der Waals surface area contributed by atoms with Gasteiger partial charge in [0.2, 0.25) is 0 Å². The average molecular weight is 278 g/mol. The molecule has 0 aliphatic rings. The Kier molecular flexibility index (Phi) is 9.47. The minimum atomic E-state index is -2.49. The zero-order chi connectivity index (χ0) is 13.9. The Morgan fingerprint density at radius 1 is 0.778 bits per heavy atom. The number of unbranched alkanes of at least 4 members (excludes halogenated alkanes) is 3. The van der Waals surface area contributed by atoms with Gasteiger partial charge in [-0.25, -0.2) is 0 Å². The fraction of sp³-hybridized carbons (Fsp3) is 1.00. The van der Waals surface area contributed by atoms with E-state index in [1.165, 1.54) is 38.5 Å². The fourth-order valence-corrected chi connectivity index (χ4v) is 8.07. The van der Waals surface area contributed by atoms with Gasteiger partial charge in [-0.05, 0) is 0 Å². The molecular formula is C15H35O2P. The van der Waals surface area contributed by atoms with Gasteiger partial charge in [0.1, 0.15) is 0 Å². The van der Waals surface area contributed by atoms with Crippen molar-refractivity contribution in [3.63, 3.8) is 0 Å². The molecule has 0 amide bonds. The normalized spacial score (nSPS) is 14.4. The molecule has 0 heterocycles. The SMILES string of the molecule is CCCCP(O)(CCCC)(CCCC)CCOC. The van der Waals surface area contributed by atoms with Gasteiger partial charge in [-0.3, -0.25) is 0 Å². The van der Waals surface area contributed by atoms with Crippen molar-refractivity contribution >= 4 is 6.83 Å². The molecule has 0 aromatic rings. The van der Waals surface area contributed by atoms with E-state index in [0.29, 0.717) is 0 Å². The summed E-state index contributed by atoms with van der Waals surface area (Å²) in [7, 11) is 1.75. The van der Waals surface area contributed by atoms with Gasteiger partial charge >= 0.3 is 114 Å². The fourth-order valence-electron chi connectivity index (χ4n) is 2.69. The van der Waals surface area contributed by atoms with Gasteiger partial charge in [0.05, 0.1) is 0 Å². The van der Waals surface area contributed by atoms with Crippen LogP contribution < -0.4 is 0 Å². The van der Waals surface area contributed by atoms with Crippen molar-refractivity contribution < 1.29 is 9.63 Å². The van der Waals surface area contributed by atoms with E-state index in [1.807, 2.05) is 0 Å². The number of rotatable bonds is 12. The molecular weight excluding hydrogens is 243 g/mol. The molecule has 112 valence electrons. The standard InChI is InChI=1S/C15H35O2P/c1-5-8-12-18(16,13-9-6-2,14-10-7-3)15-11-17-4/h16H,5-15H2,1-4H3. The Balaban J connectivity index is 4.82. The Morgan fingerprint density at radius 2 is 1.17 bits per heavy atom. The summed E-state index contributed by atoms with van der Waals surface area (Å²) >= 11 is 0. The molecule has 0 radical (unpaired) electrons. The average Bonchev–Trinajstić information content (AvgIpc) is 2.40. The van der Waals surface area contributed by atoms with E-state index in [-0.39, 0.29) is 0 Å². The van der Waals surface area contributed by atoms with Crippen molar-refractivity contribution in [2.75, 3.05) is 38.4 Å². The Hall–Kier alpha value is 0.350. The molecule has 0 bridgehead atoms. The van der Waals surface area contributed by atoms with Crippen LogP contribution in [0.1, 0.15) is 59.3 Å². The Labute approximate surface area is 115 Å². The first-order valence-electron chi connectivity index (χ1n) is 7.78. The minimum absolute atomic E-state index is 0.728. The van der Waals surface area contributed by atoms with Gasteiger partial charge in [-0.15, -0.1) is 0 Å². The molecule has 0 saturated heterocycles. The van der Waals surface area contributed by atoms with Crippen LogP contribution in [-0.2, 0) is 4.74 Å². The van der Waals surface area contributed by atoms with Gasteiger partial charge in [-0.2, -0.15) is 0 Å². The van der Waals surface area contributed by atoms with Gasteiger partial charge < -0.3 is 0 Å². The monoisotopic (exact) mass is 278 g/mol. The number of hydrogen-bond donors (Lipinski definition) is 1. The van der Waals surface area contributed by atoms with Crippen molar-refractivity contribution in [3.8, 4) is 0 Å². The van der Waals surface area contributed by atoms with Crippen LogP contribution in [0.25, 0.3) is 0 Å². The zero-order valence-electron chi connectivity index (χ0n) is 13.1. The molecule has 0 aromatic heterocycles. The number of ether oxygens (including phenoxy) is 1. The molecule has 0 atom stereocenters. The van der Waals surface area contributed by atoms with Crippen LogP contribution in [0.5, 0.6) is 0 Å². The van der Waals surface area contributed by atoms with Gasteiger partial charge in [-0.1, -0.05) is 0 Å². The summed E-state index contributed by atoms with van der Waals surface area (Å²) in [6, 6.07) is 0. The van der Waals surface area contributed by atoms with Crippen LogP contribution in [0.2, 0.25) is 0 Å². The molecule has 1 N–H and O–H groups in total. The maximum absolute atomic E-state index is 11.5. The zero-order valence-corrected chi connectivity index (χ0v) is 14.0. The molecule has 0 aliphatic carbocycles. The first-order chi connectivity index (χ1) is 8.54. The van der Waals surface area contributed by atoms with Crippen molar-refractivity contribution in [1.29, 1.82) is 0 Å². The quantitative estimate of drug-likeness (QED) is 0.533.